The van der Waals surface area contributed by atoms with Crippen molar-refractivity contribution in [2.24, 2.45) is 5.73 Å². The predicted octanol–water partition coefficient (Wildman–Crippen LogP) is 2.28. The Morgan fingerprint density at radius 1 is 1.57 bits per heavy atom. The number of benzene rings is 1. The molecule has 3 N–H and O–H groups in total. The van der Waals surface area contributed by atoms with Crippen LogP contribution in [0.5, 0.6) is 0 Å². The zero-order valence-electron chi connectivity index (χ0n) is 7.93. The minimum absolute atomic E-state index is 0.338. The highest BCUT2D eigenvalue weighted by Gasteiger charge is 2.16. The van der Waals surface area contributed by atoms with Crippen LogP contribution in [0.25, 0.3) is 0 Å². The molecule has 0 heterocycles. The third-order valence-electron chi connectivity index (χ3n) is 2.17. The highest BCUT2D eigenvalue weighted by molar-refractivity contribution is 9.10. The van der Waals surface area contributed by atoms with Gasteiger partial charge >= 0.3 is 0 Å². The molecule has 4 heteroatoms. The van der Waals surface area contributed by atoms with E-state index in [4.69, 9.17) is 5.73 Å². The average Bonchev–Trinajstić information content (AvgIpc) is 2.13. The summed E-state index contributed by atoms with van der Waals surface area (Å²) in [6, 6.07) is 2.97. The Hall–Kier alpha value is -0.450. The van der Waals surface area contributed by atoms with E-state index in [2.05, 4.69) is 15.9 Å². The van der Waals surface area contributed by atoms with Crippen LogP contribution in [0.15, 0.2) is 16.6 Å². The summed E-state index contributed by atoms with van der Waals surface area (Å²) in [4.78, 5) is 0. The van der Waals surface area contributed by atoms with Crippen molar-refractivity contribution >= 4 is 15.9 Å². The van der Waals surface area contributed by atoms with E-state index in [-0.39, 0.29) is 5.82 Å². The van der Waals surface area contributed by atoms with E-state index in [1.165, 1.54) is 6.07 Å². The van der Waals surface area contributed by atoms with Crippen LogP contribution in [0, 0.1) is 12.7 Å². The van der Waals surface area contributed by atoms with Crippen molar-refractivity contribution < 1.29 is 9.50 Å². The van der Waals surface area contributed by atoms with Gasteiger partial charge in [-0.2, -0.15) is 0 Å². The second-order valence-corrected chi connectivity index (χ2v) is 4.02. The summed E-state index contributed by atoms with van der Waals surface area (Å²) >= 11 is 3.29. The van der Waals surface area contributed by atoms with E-state index in [0.717, 1.165) is 10.0 Å². The topological polar surface area (TPSA) is 46.2 Å². The Balaban J connectivity index is 3.11. The van der Waals surface area contributed by atoms with Crippen LogP contribution in [0.4, 0.5) is 4.39 Å². The quantitative estimate of drug-likeness (QED) is 0.877. The molecule has 0 fully saturated rings. The molecule has 78 valence electrons. The van der Waals surface area contributed by atoms with Gasteiger partial charge in [-0.1, -0.05) is 15.9 Å². The molecule has 0 saturated heterocycles. The Labute approximate surface area is 91.1 Å². The molecule has 0 aliphatic heterocycles. The molecular weight excluding hydrogens is 249 g/mol. The van der Waals surface area contributed by atoms with E-state index >= 15 is 0 Å². The van der Waals surface area contributed by atoms with Gasteiger partial charge in [-0.05, 0) is 37.6 Å². The van der Waals surface area contributed by atoms with Gasteiger partial charge in [0, 0.05) is 10.0 Å². The summed E-state index contributed by atoms with van der Waals surface area (Å²) in [6.45, 7) is 2.11. The maximum absolute atomic E-state index is 13.4. The summed E-state index contributed by atoms with van der Waals surface area (Å²) in [5.74, 6) is -0.383. The Morgan fingerprint density at radius 2 is 2.21 bits per heavy atom. The minimum Gasteiger partial charge on any atom is -0.388 e. The lowest BCUT2D eigenvalue weighted by Gasteiger charge is -2.14. The van der Waals surface area contributed by atoms with Crippen LogP contribution in [-0.4, -0.2) is 11.7 Å². The van der Waals surface area contributed by atoms with E-state index in [0.29, 0.717) is 18.5 Å². The first-order chi connectivity index (χ1) is 6.57. The molecule has 0 aliphatic rings. The maximum atomic E-state index is 13.4. The third kappa shape index (κ3) is 2.32. The Morgan fingerprint density at radius 3 is 2.79 bits per heavy atom. The molecule has 14 heavy (non-hydrogen) atoms. The lowest BCUT2D eigenvalue weighted by molar-refractivity contribution is 0.165. The molecule has 1 aromatic rings. The fraction of sp³-hybridized carbons (Fsp3) is 0.400. The zero-order valence-corrected chi connectivity index (χ0v) is 9.51. The standard InChI is InChI=1S/C10H13BrFNO/c1-6-7(11)2-3-8(12)10(6)9(14)4-5-13/h2-3,9,14H,4-5,13H2,1H3. The Kier molecular flexibility index (Phi) is 4.04. The average molecular weight is 262 g/mol. The number of rotatable bonds is 3. The van der Waals surface area contributed by atoms with Crippen molar-refractivity contribution in [2.75, 3.05) is 6.54 Å². The van der Waals surface area contributed by atoms with E-state index in [9.17, 15) is 9.50 Å². The summed E-state index contributed by atoms with van der Waals surface area (Å²) in [7, 11) is 0. The molecule has 0 aliphatic carbocycles. The lowest BCUT2D eigenvalue weighted by Crippen LogP contribution is -2.10. The van der Waals surface area contributed by atoms with Gasteiger partial charge < -0.3 is 10.8 Å². The lowest BCUT2D eigenvalue weighted by atomic mass is 10.0. The molecule has 0 saturated carbocycles. The molecule has 0 amide bonds. The van der Waals surface area contributed by atoms with E-state index in [1.54, 1.807) is 13.0 Å². The van der Waals surface area contributed by atoms with Crippen LogP contribution >= 0.6 is 15.9 Å². The second kappa shape index (κ2) is 4.87. The number of aliphatic hydroxyl groups excluding tert-OH is 1. The minimum atomic E-state index is -0.822. The predicted molar refractivity (Wildman–Crippen MR) is 57.5 cm³/mol. The highest BCUT2D eigenvalue weighted by atomic mass is 79.9. The van der Waals surface area contributed by atoms with Crippen molar-refractivity contribution in [3.8, 4) is 0 Å². The van der Waals surface area contributed by atoms with Crippen molar-refractivity contribution in [3.63, 3.8) is 0 Å². The van der Waals surface area contributed by atoms with Crippen molar-refractivity contribution in [1.29, 1.82) is 0 Å². The zero-order chi connectivity index (χ0) is 10.7. The summed E-state index contributed by atoms with van der Waals surface area (Å²) < 4.78 is 14.2. The van der Waals surface area contributed by atoms with Gasteiger partial charge in [0.25, 0.3) is 0 Å². The van der Waals surface area contributed by atoms with Gasteiger partial charge in [-0.25, -0.2) is 4.39 Å². The number of nitrogens with two attached hydrogens (primary N) is 1. The van der Waals surface area contributed by atoms with Crippen LogP contribution in [-0.2, 0) is 0 Å². The number of hydrogen-bond acceptors (Lipinski definition) is 2. The van der Waals surface area contributed by atoms with Crippen LogP contribution in [0.3, 0.4) is 0 Å². The number of halogens is 2. The van der Waals surface area contributed by atoms with Crippen LogP contribution < -0.4 is 5.73 Å². The van der Waals surface area contributed by atoms with Crippen molar-refractivity contribution in [2.45, 2.75) is 19.4 Å². The van der Waals surface area contributed by atoms with Gasteiger partial charge in [0.1, 0.15) is 5.82 Å². The first kappa shape index (κ1) is 11.6. The van der Waals surface area contributed by atoms with E-state index in [1.807, 2.05) is 0 Å². The van der Waals surface area contributed by atoms with Gasteiger partial charge in [0.15, 0.2) is 0 Å². The smallest absolute Gasteiger partial charge is 0.129 e. The molecule has 0 aromatic heterocycles. The molecular formula is C10H13BrFNO. The summed E-state index contributed by atoms with van der Waals surface area (Å²) in [5, 5.41) is 9.67. The first-order valence-electron chi connectivity index (χ1n) is 4.40. The maximum Gasteiger partial charge on any atom is 0.129 e. The highest BCUT2D eigenvalue weighted by Crippen LogP contribution is 2.28. The monoisotopic (exact) mass is 261 g/mol. The number of hydrogen-bond donors (Lipinski definition) is 2. The van der Waals surface area contributed by atoms with Crippen molar-refractivity contribution in [3.05, 3.63) is 33.5 Å². The van der Waals surface area contributed by atoms with Gasteiger partial charge in [-0.3, -0.25) is 0 Å². The molecule has 1 atom stereocenters. The fourth-order valence-corrected chi connectivity index (χ4v) is 1.73. The largest absolute Gasteiger partial charge is 0.388 e. The molecule has 0 spiro atoms. The van der Waals surface area contributed by atoms with Gasteiger partial charge in [0.2, 0.25) is 0 Å². The fourth-order valence-electron chi connectivity index (χ4n) is 1.38. The van der Waals surface area contributed by atoms with Gasteiger partial charge in [0.05, 0.1) is 6.10 Å². The molecule has 0 bridgehead atoms. The SMILES string of the molecule is Cc1c(Br)ccc(F)c1C(O)CCN. The van der Waals surface area contributed by atoms with E-state index < -0.39 is 6.10 Å². The van der Waals surface area contributed by atoms with Crippen LogP contribution in [0.1, 0.15) is 23.7 Å². The molecule has 0 radical (unpaired) electrons. The van der Waals surface area contributed by atoms with Gasteiger partial charge in [-0.15, -0.1) is 0 Å². The summed E-state index contributed by atoms with van der Waals surface area (Å²) in [6.07, 6.45) is -0.453. The number of aliphatic hydroxyl groups is 1. The summed E-state index contributed by atoms with van der Waals surface area (Å²) in [5.41, 5.74) is 6.38. The molecule has 1 aromatic carbocycles. The first-order valence-corrected chi connectivity index (χ1v) is 5.20. The third-order valence-corrected chi connectivity index (χ3v) is 3.03. The molecule has 1 rings (SSSR count). The second-order valence-electron chi connectivity index (χ2n) is 3.16. The van der Waals surface area contributed by atoms with Crippen molar-refractivity contribution in [1.82, 2.24) is 0 Å². The Bertz CT molecular complexity index is 330. The molecule has 1 unspecified atom stereocenters. The van der Waals surface area contributed by atoms with Crippen LogP contribution in [0.2, 0.25) is 0 Å². The normalized spacial score (nSPS) is 12.9. The molecule has 2 nitrogen and oxygen atoms in total.